The number of fused-ring (bicyclic) bond motifs is 4. The number of allylic oxidation sites excluding steroid dienone is 2. The molecule has 4 atom stereocenters. The Bertz CT molecular complexity index is 1330. The molecule has 5 rings (SSSR count). The number of aromatic hydroxyl groups is 1. The van der Waals surface area contributed by atoms with Gasteiger partial charge in [-0.1, -0.05) is 41.5 Å². The first kappa shape index (κ1) is 26.2. The number of Topliss-reactive ketones (excluding diaryl/α,β-unsaturated/α-hetero) is 2. The summed E-state index contributed by atoms with van der Waals surface area (Å²) in [6.07, 6.45) is 4.00. The topological polar surface area (TPSA) is 93.1 Å². The quantitative estimate of drug-likeness (QED) is 0.255. The summed E-state index contributed by atoms with van der Waals surface area (Å²) in [7, 11) is 0.555. The summed E-state index contributed by atoms with van der Waals surface area (Å²) in [4.78, 5) is 27.0. The van der Waals surface area contributed by atoms with Gasteiger partial charge in [0.1, 0.15) is 0 Å². The molecular formula is C29H30BIO6. The van der Waals surface area contributed by atoms with Crippen molar-refractivity contribution in [3.05, 3.63) is 73.4 Å². The van der Waals surface area contributed by atoms with E-state index in [1.807, 2.05) is 19.9 Å². The number of hydrogen-bond acceptors (Lipinski definition) is 6. The summed E-state index contributed by atoms with van der Waals surface area (Å²) in [5, 5.41) is 20.8. The summed E-state index contributed by atoms with van der Waals surface area (Å²) in [6, 6.07) is 10.8. The number of ketones is 2. The summed E-state index contributed by atoms with van der Waals surface area (Å²) in [5.74, 6) is -0.433. The summed E-state index contributed by atoms with van der Waals surface area (Å²) in [6.45, 7) is 4.08. The van der Waals surface area contributed by atoms with Crippen LogP contribution >= 0.6 is 22.6 Å². The smallest absolute Gasteiger partial charge is 0.455 e. The van der Waals surface area contributed by atoms with E-state index in [0.29, 0.717) is 39.6 Å². The average molecular weight is 612 g/mol. The van der Waals surface area contributed by atoms with Crippen LogP contribution in [-0.2, 0) is 4.65 Å². The van der Waals surface area contributed by atoms with Crippen LogP contribution in [-0.4, -0.2) is 42.0 Å². The fourth-order valence-corrected chi connectivity index (χ4v) is 7.00. The van der Waals surface area contributed by atoms with Crippen LogP contribution in [0.25, 0.3) is 6.08 Å². The Morgan fingerprint density at radius 3 is 2.59 bits per heavy atom. The minimum absolute atomic E-state index is 0.00927. The average Bonchev–Trinajstić information content (AvgIpc) is 2.87. The van der Waals surface area contributed by atoms with Crippen LogP contribution in [0.15, 0.2) is 53.1 Å². The van der Waals surface area contributed by atoms with Crippen LogP contribution in [0.2, 0.25) is 6.32 Å². The van der Waals surface area contributed by atoms with Crippen LogP contribution in [0.3, 0.4) is 0 Å². The number of carbonyl (C=O) groups is 2. The Kier molecular flexibility index (Phi) is 7.35. The van der Waals surface area contributed by atoms with E-state index in [4.69, 9.17) is 9.39 Å². The van der Waals surface area contributed by atoms with Crippen LogP contribution in [0.5, 0.6) is 11.5 Å². The standard InChI is InChI=1S/C29H30BIO6/c1-15(10-17-12-22(31)29(34)24(13-17)36-3)8-9-23-25-16(2)11-20-26(21(25)14-30(35)37-23)28(33)19-7-5-4-6-18(19)27(20)32/h4-7,10,12-13,20-21,23,26,34-35H,8-9,11,14H2,1-3H3/b15-10+/t20-,21+,23-,26-/m1/s1. The number of phenols is 1. The van der Waals surface area contributed by atoms with Crippen LogP contribution in [0.4, 0.5) is 0 Å². The van der Waals surface area contributed by atoms with E-state index in [0.717, 1.165) is 28.7 Å². The van der Waals surface area contributed by atoms with Crippen LogP contribution in [0.1, 0.15) is 59.4 Å². The minimum Gasteiger partial charge on any atom is -0.504 e. The van der Waals surface area contributed by atoms with Gasteiger partial charge in [0, 0.05) is 23.0 Å². The molecule has 1 aliphatic heterocycles. The largest absolute Gasteiger partial charge is 0.504 e. The van der Waals surface area contributed by atoms with Gasteiger partial charge in [-0.25, -0.2) is 0 Å². The molecular weight excluding hydrogens is 582 g/mol. The highest BCUT2D eigenvalue weighted by molar-refractivity contribution is 14.1. The monoisotopic (exact) mass is 612 g/mol. The van der Waals surface area contributed by atoms with E-state index in [1.54, 1.807) is 30.3 Å². The normalized spacial score (nSPS) is 25.5. The van der Waals surface area contributed by atoms with Crippen molar-refractivity contribution in [1.82, 2.24) is 0 Å². The Morgan fingerprint density at radius 1 is 1.19 bits per heavy atom. The van der Waals surface area contributed by atoms with Crippen LogP contribution < -0.4 is 4.74 Å². The Labute approximate surface area is 231 Å². The van der Waals surface area contributed by atoms with Crippen molar-refractivity contribution in [2.45, 2.75) is 45.5 Å². The summed E-state index contributed by atoms with van der Waals surface area (Å²) >= 11 is 2.08. The molecule has 1 fully saturated rings. The molecule has 6 nitrogen and oxygen atoms in total. The number of rotatable bonds is 5. The fourth-order valence-electron chi connectivity index (χ4n) is 6.37. The van der Waals surface area contributed by atoms with Gasteiger partial charge in [0.15, 0.2) is 23.1 Å². The number of benzene rings is 2. The molecule has 0 bridgehead atoms. The number of ether oxygens (including phenoxy) is 1. The van der Waals surface area contributed by atoms with Crippen LogP contribution in [0, 0.1) is 21.3 Å². The van der Waals surface area contributed by atoms with Crippen molar-refractivity contribution < 1.29 is 29.1 Å². The molecule has 37 heavy (non-hydrogen) atoms. The molecule has 2 aliphatic carbocycles. The van der Waals surface area contributed by atoms with Crippen molar-refractivity contribution in [3.8, 4) is 11.5 Å². The van der Waals surface area contributed by atoms with Gasteiger partial charge in [-0.2, -0.15) is 0 Å². The van der Waals surface area contributed by atoms with Crippen molar-refractivity contribution in [2.75, 3.05) is 7.11 Å². The fraction of sp³-hybridized carbons (Fsp3) is 0.379. The molecule has 1 heterocycles. The number of phenolic OH excluding ortho intramolecular Hbond substituents is 1. The van der Waals surface area contributed by atoms with Gasteiger partial charge in [0.2, 0.25) is 0 Å². The molecule has 3 aliphatic rings. The van der Waals surface area contributed by atoms with Crippen molar-refractivity contribution in [3.63, 3.8) is 0 Å². The maximum absolute atomic E-state index is 13.6. The highest BCUT2D eigenvalue weighted by Gasteiger charge is 2.52. The third-order valence-electron chi connectivity index (χ3n) is 7.99. The van der Waals surface area contributed by atoms with Gasteiger partial charge < -0.3 is 19.5 Å². The maximum atomic E-state index is 13.6. The number of methoxy groups -OCH3 is 1. The highest BCUT2D eigenvalue weighted by atomic mass is 127. The lowest BCUT2D eigenvalue weighted by Gasteiger charge is -2.46. The molecule has 0 aromatic heterocycles. The van der Waals surface area contributed by atoms with Gasteiger partial charge in [0.05, 0.1) is 16.8 Å². The Hall–Kier alpha value is -2.43. The predicted molar refractivity (Wildman–Crippen MR) is 151 cm³/mol. The second kappa shape index (κ2) is 10.4. The minimum atomic E-state index is -0.974. The molecule has 0 unspecified atom stereocenters. The maximum Gasteiger partial charge on any atom is 0.455 e. The lowest BCUT2D eigenvalue weighted by Crippen LogP contribution is -2.50. The van der Waals surface area contributed by atoms with Crippen molar-refractivity contribution in [2.24, 2.45) is 17.8 Å². The van der Waals surface area contributed by atoms with E-state index in [-0.39, 0.29) is 35.3 Å². The van der Waals surface area contributed by atoms with E-state index >= 15 is 0 Å². The molecule has 2 N–H and O–H groups in total. The van der Waals surface area contributed by atoms with Gasteiger partial charge in [0.25, 0.3) is 0 Å². The zero-order valence-electron chi connectivity index (χ0n) is 21.2. The molecule has 2 aromatic carbocycles. The number of halogens is 1. The van der Waals surface area contributed by atoms with E-state index < -0.39 is 13.0 Å². The van der Waals surface area contributed by atoms with E-state index in [2.05, 4.69) is 28.7 Å². The van der Waals surface area contributed by atoms with Crippen molar-refractivity contribution >= 4 is 47.4 Å². The Balaban J connectivity index is 1.40. The highest BCUT2D eigenvalue weighted by Crippen LogP contribution is 2.50. The van der Waals surface area contributed by atoms with E-state index in [9.17, 15) is 19.7 Å². The van der Waals surface area contributed by atoms with E-state index in [1.165, 1.54) is 7.11 Å². The lowest BCUT2D eigenvalue weighted by atomic mass is 9.54. The van der Waals surface area contributed by atoms with Crippen molar-refractivity contribution in [1.29, 1.82) is 0 Å². The first-order valence-electron chi connectivity index (χ1n) is 12.6. The van der Waals surface area contributed by atoms with Gasteiger partial charge in [-0.3, -0.25) is 9.59 Å². The second-order valence-corrected chi connectivity index (χ2v) is 11.5. The first-order valence-corrected chi connectivity index (χ1v) is 13.7. The zero-order valence-corrected chi connectivity index (χ0v) is 23.3. The third-order valence-corrected chi connectivity index (χ3v) is 8.81. The van der Waals surface area contributed by atoms with Gasteiger partial charge in [-0.15, -0.1) is 0 Å². The Morgan fingerprint density at radius 2 is 1.89 bits per heavy atom. The molecule has 0 radical (unpaired) electrons. The number of carbonyl (C=O) groups excluding carboxylic acids is 2. The predicted octanol–water partition coefficient (Wildman–Crippen LogP) is 5.72. The first-order chi connectivity index (χ1) is 17.7. The molecule has 192 valence electrons. The second-order valence-electron chi connectivity index (χ2n) is 10.4. The molecule has 0 amide bonds. The summed E-state index contributed by atoms with van der Waals surface area (Å²) in [5.41, 5.74) is 5.26. The molecule has 2 aromatic rings. The van der Waals surface area contributed by atoms with Gasteiger partial charge >= 0.3 is 7.12 Å². The molecule has 0 saturated carbocycles. The molecule has 1 saturated heterocycles. The molecule has 8 heteroatoms. The number of hydrogen-bond donors (Lipinski definition) is 2. The molecule has 0 spiro atoms. The third kappa shape index (κ3) is 4.79. The lowest BCUT2D eigenvalue weighted by molar-refractivity contribution is 0.0601. The van der Waals surface area contributed by atoms with Gasteiger partial charge in [-0.05, 0) is 91.2 Å². The zero-order chi connectivity index (χ0) is 26.4. The SMILES string of the molecule is COc1cc(/C=C(\C)CC[C@H]2OB(O)C[C@H]3C2=C(C)C[C@H]2C(=O)c4ccccc4C(=O)[C@H]23)cc(I)c1O. The summed E-state index contributed by atoms with van der Waals surface area (Å²) < 4.78 is 12.0.